The summed E-state index contributed by atoms with van der Waals surface area (Å²) in [5.41, 5.74) is 3.81. The van der Waals surface area contributed by atoms with Gasteiger partial charge in [0, 0.05) is 91.1 Å². The molecular weight excluding hydrogens is 818 g/mol. The number of nitrogens with one attached hydrogen (secondary N) is 1. The number of fused-ring (bicyclic) bond motifs is 4. The third kappa shape index (κ3) is 7.48. The maximum absolute atomic E-state index is 14.3. The molecule has 1 saturated carbocycles. The number of anilines is 1. The van der Waals surface area contributed by atoms with Gasteiger partial charge in [-0.2, -0.15) is 13.2 Å². The lowest BCUT2D eigenvalue weighted by Gasteiger charge is -2.40. The number of aryl methyl sites for hydroxylation is 1. The zero-order valence-corrected chi connectivity index (χ0v) is 33.6. The average molecular weight is 855 g/mol. The smallest absolute Gasteiger partial charge is 0.421 e. The van der Waals surface area contributed by atoms with E-state index in [1.165, 1.54) is 6.20 Å². The molecule has 63 heavy (non-hydrogen) atoms. The minimum Gasteiger partial charge on any atom is -0.490 e. The highest BCUT2D eigenvalue weighted by Crippen LogP contribution is 2.41. The fourth-order valence-electron chi connectivity index (χ4n) is 8.53. The van der Waals surface area contributed by atoms with Crippen molar-refractivity contribution in [1.29, 1.82) is 0 Å². The van der Waals surface area contributed by atoms with Crippen LogP contribution < -0.4 is 19.7 Å². The van der Waals surface area contributed by atoms with Crippen LogP contribution in [0.25, 0.3) is 32.9 Å². The Morgan fingerprint density at radius 1 is 0.810 bits per heavy atom. The van der Waals surface area contributed by atoms with Gasteiger partial charge in [-0.1, -0.05) is 24.0 Å². The molecule has 13 nitrogen and oxygen atoms in total. The van der Waals surface area contributed by atoms with Crippen molar-refractivity contribution in [2.24, 2.45) is 7.05 Å². The van der Waals surface area contributed by atoms with E-state index in [1.54, 1.807) is 48.8 Å². The average Bonchev–Trinajstić information content (AvgIpc) is 3.67. The first-order chi connectivity index (χ1) is 30.4. The maximum atomic E-state index is 14.3. The molecule has 6 aromatic rings. The van der Waals surface area contributed by atoms with E-state index >= 15 is 0 Å². The van der Waals surface area contributed by atoms with Crippen LogP contribution in [0.2, 0.25) is 0 Å². The summed E-state index contributed by atoms with van der Waals surface area (Å²) in [7, 11) is 1.91. The molecule has 4 aliphatic rings. The second-order valence-corrected chi connectivity index (χ2v) is 16.1. The van der Waals surface area contributed by atoms with E-state index in [0.29, 0.717) is 42.8 Å². The highest BCUT2D eigenvalue weighted by Gasteiger charge is 2.45. The van der Waals surface area contributed by atoms with Crippen molar-refractivity contribution in [1.82, 2.24) is 24.8 Å². The van der Waals surface area contributed by atoms with E-state index < -0.39 is 53.4 Å². The van der Waals surface area contributed by atoms with E-state index in [2.05, 4.69) is 27.1 Å². The SMILES string of the molecule is Cn1c2ccncc2c2ccc(-c3cnc(OC4CC(Oc5ccc(C#CCOC6CN(c7ccc8c(c7)C(=O)N(C7CCC(=O)NC7=O)C8=O)C6)cc5)C4)c(C(F)(F)F)c3)cc21. The number of hydrogen-bond donors (Lipinski definition) is 1. The van der Waals surface area contributed by atoms with Gasteiger partial charge < -0.3 is 23.7 Å². The van der Waals surface area contributed by atoms with Gasteiger partial charge in [-0.15, -0.1) is 0 Å². The van der Waals surface area contributed by atoms with Gasteiger partial charge in [0.05, 0.1) is 22.7 Å². The highest BCUT2D eigenvalue weighted by molar-refractivity contribution is 6.23. The predicted molar refractivity (Wildman–Crippen MR) is 223 cm³/mol. The van der Waals surface area contributed by atoms with Gasteiger partial charge in [-0.05, 0) is 72.6 Å². The Labute approximate surface area is 357 Å². The van der Waals surface area contributed by atoms with Gasteiger partial charge in [0.1, 0.15) is 36.2 Å². The first-order valence-electron chi connectivity index (χ1n) is 20.4. The Balaban J connectivity index is 0.684. The van der Waals surface area contributed by atoms with Crippen LogP contribution in [-0.2, 0) is 27.5 Å². The summed E-state index contributed by atoms with van der Waals surface area (Å²) in [6, 6.07) is 19.7. The van der Waals surface area contributed by atoms with Crippen LogP contribution >= 0.6 is 0 Å². The van der Waals surface area contributed by atoms with Crippen molar-refractivity contribution in [3.05, 3.63) is 114 Å². The summed E-state index contributed by atoms with van der Waals surface area (Å²) >= 11 is 0. The maximum Gasteiger partial charge on any atom is 0.421 e. The molecule has 318 valence electrons. The lowest BCUT2D eigenvalue weighted by Crippen LogP contribution is -2.54. The molecule has 1 unspecified atom stereocenters. The molecule has 3 aromatic heterocycles. The number of amides is 4. The normalized spacial score (nSPS) is 20.0. The lowest BCUT2D eigenvalue weighted by molar-refractivity contribution is -0.140. The molecule has 10 rings (SSSR count). The molecular formula is C47H37F3N6O7. The van der Waals surface area contributed by atoms with Crippen LogP contribution in [0.5, 0.6) is 11.6 Å². The zero-order valence-electron chi connectivity index (χ0n) is 33.6. The standard InChI is InChI=1S/C47H37F3N6O7/c1-54-39-14-15-51-23-37(39)34-10-6-27(18-41(34)54)28-17-38(47(48,49)50)44(52-22-28)63-32-20-31(21-32)62-30-8-4-26(5-9-30)3-2-16-61-33-24-55(25-33)29-7-11-35-36(19-29)46(60)56(45(35)59)40-12-13-42(57)53-43(40)58/h4-11,14-15,17-19,22-23,31-33,40H,12-13,16,20-21,24-25H2,1H3,(H,53,57,58). The Morgan fingerprint density at radius 3 is 2.37 bits per heavy atom. The third-order valence-corrected chi connectivity index (χ3v) is 12.0. The number of carbonyl (C=O) groups is 4. The van der Waals surface area contributed by atoms with Crippen molar-refractivity contribution < 1.29 is 46.6 Å². The number of pyridine rings is 2. The number of rotatable bonds is 9. The fourth-order valence-corrected chi connectivity index (χ4v) is 8.53. The Kier molecular flexibility index (Phi) is 9.86. The van der Waals surface area contributed by atoms with Crippen LogP contribution in [0.15, 0.2) is 91.4 Å². The monoisotopic (exact) mass is 854 g/mol. The van der Waals surface area contributed by atoms with Gasteiger partial charge in [0.2, 0.25) is 17.7 Å². The van der Waals surface area contributed by atoms with E-state index in [1.807, 2.05) is 46.8 Å². The van der Waals surface area contributed by atoms with E-state index in [-0.39, 0.29) is 42.8 Å². The molecule has 2 saturated heterocycles. The van der Waals surface area contributed by atoms with Crippen LogP contribution in [0, 0.1) is 11.8 Å². The van der Waals surface area contributed by atoms with E-state index in [4.69, 9.17) is 14.2 Å². The molecule has 3 aromatic carbocycles. The summed E-state index contributed by atoms with van der Waals surface area (Å²) in [4.78, 5) is 61.4. The highest BCUT2D eigenvalue weighted by atomic mass is 19.4. The number of carbonyl (C=O) groups excluding carboxylic acids is 4. The van der Waals surface area contributed by atoms with Crippen molar-refractivity contribution in [3.63, 3.8) is 0 Å². The quantitative estimate of drug-likeness (QED) is 0.127. The number of halogens is 3. The van der Waals surface area contributed by atoms with Gasteiger partial charge in [0.15, 0.2) is 0 Å². The van der Waals surface area contributed by atoms with Crippen LogP contribution in [-0.4, -0.2) is 87.1 Å². The summed E-state index contributed by atoms with van der Waals surface area (Å²) < 4.78 is 62.7. The number of imide groups is 2. The first-order valence-corrected chi connectivity index (χ1v) is 20.4. The molecule has 1 atom stereocenters. The molecule has 4 amide bonds. The zero-order chi connectivity index (χ0) is 43.6. The van der Waals surface area contributed by atoms with Gasteiger partial charge in [-0.3, -0.25) is 34.4 Å². The molecule has 0 bridgehead atoms. The molecule has 6 heterocycles. The molecule has 16 heteroatoms. The number of hydrogen-bond acceptors (Lipinski definition) is 10. The van der Waals surface area contributed by atoms with E-state index in [0.717, 1.165) is 44.0 Å². The van der Waals surface area contributed by atoms with Crippen molar-refractivity contribution >= 4 is 51.1 Å². The van der Waals surface area contributed by atoms with E-state index in [9.17, 15) is 32.3 Å². The summed E-state index contributed by atoms with van der Waals surface area (Å²) in [6.07, 6.45) is 0.383. The Morgan fingerprint density at radius 2 is 1.59 bits per heavy atom. The number of aromatic nitrogens is 3. The predicted octanol–water partition coefficient (Wildman–Crippen LogP) is 6.45. The fraction of sp³-hybridized carbons (Fsp3) is 0.277. The van der Waals surface area contributed by atoms with Crippen molar-refractivity contribution in [2.75, 3.05) is 24.6 Å². The molecule has 0 spiro atoms. The molecule has 1 aliphatic carbocycles. The van der Waals surface area contributed by atoms with Crippen LogP contribution in [0.1, 0.15) is 57.5 Å². The molecule has 1 N–H and O–H groups in total. The molecule has 3 aliphatic heterocycles. The third-order valence-electron chi connectivity index (χ3n) is 12.0. The summed E-state index contributed by atoms with van der Waals surface area (Å²) in [5, 5.41) is 4.13. The van der Waals surface area contributed by atoms with Gasteiger partial charge >= 0.3 is 6.18 Å². The van der Waals surface area contributed by atoms with Crippen LogP contribution in [0.3, 0.4) is 0 Å². The number of ether oxygens (including phenoxy) is 3. The largest absolute Gasteiger partial charge is 0.490 e. The second-order valence-electron chi connectivity index (χ2n) is 16.1. The number of nitrogens with zero attached hydrogens (tertiary/aromatic N) is 5. The Hall–Kier alpha value is -7.25. The minimum atomic E-state index is -4.67. The minimum absolute atomic E-state index is 0.0556. The van der Waals surface area contributed by atoms with Gasteiger partial charge in [-0.25, -0.2) is 4.98 Å². The summed E-state index contributed by atoms with van der Waals surface area (Å²) in [5.74, 6) is 4.06. The number of benzene rings is 3. The van der Waals surface area contributed by atoms with Crippen molar-refractivity contribution in [2.45, 2.75) is 56.2 Å². The molecule has 0 radical (unpaired) electrons. The summed E-state index contributed by atoms with van der Waals surface area (Å²) in [6.45, 7) is 1.33. The number of piperidine rings is 1. The Bertz CT molecular complexity index is 2930. The second kappa shape index (κ2) is 15.6. The van der Waals surface area contributed by atoms with Gasteiger partial charge in [0.25, 0.3) is 11.8 Å². The lowest BCUT2D eigenvalue weighted by atomic mass is 9.92. The van der Waals surface area contributed by atoms with Crippen LogP contribution in [0.4, 0.5) is 18.9 Å². The molecule has 3 fully saturated rings. The number of alkyl halides is 3. The first kappa shape index (κ1) is 39.9. The van der Waals surface area contributed by atoms with Crippen molar-refractivity contribution in [3.8, 4) is 34.6 Å². The topological polar surface area (TPSA) is 145 Å².